The predicted molar refractivity (Wildman–Crippen MR) is 114 cm³/mol. The Kier molecular flexibility index (Phi) is 6.75. The number of benzene rings is 2. The van der Waals surface area contributed by atoms with Crippen LogP contribution in [0.2, 0.25) is 0 Å². The summed E-state index contributed by atoms with van der Waals surface area (Å²) in [7, 11) is 3.02. The Labute approximate surface area is 171 Å². The summed E-state index contributed by atoms with van der Waals surface area (Å²) < 4.78 is 10.1. The second-order valence-electron chi connectivity index (χ2n) is 7.48. The molecule has 0 aromatic heterocycles. The number of hydrogen-bond donors (Lipinski definition) is 2. The first-order chi connectivity index (χ1) is 14.0. The van der Waals surface area contributed by atoms with Gasteiger partial charge < -0.3 is 20.1 Å². The van der Waals surface area contributed by atoms with Crippen LogP contribution >= 0.6 is 0 Å². The zero-order valence-electron chi connectivity index (χ0n) is 17.2. The molecule has 0 atom stereocenters. The van der Waals surface area contributed by atoms with Gasteiger partial charge in [0.2, 0.25) is 0 Å². The van der Waals surface area contributed by atoms with Crippen LogP contribution in [0.4, 0.5) is 16.2 Å². The first-order valence-corrected chi connectivity index (χ1v) is 9.90. The molecule has 29 heavy (non-hydrogen) atoms. The lowest BCUT2D eigenvalue weighted by atomic mass is 9.79. The van der Waals surface area contributed by atoms with Crippen molar-refractivity contribution in [2.24, 2.45) is 5.92 Å². The van der Waals surface area contributed by atoms with E-state index in [1.165, 1.54) is 12.7 Å². The van der Waals surface area contributed by atoms with Gasteiger partial charge in [-0.15, -0.1) is 0 Å². The van der Waals surface area contributed by atoms with Crippen molar-refractivity contribution >= 4 is 23.4 Å². The van der Waals surface area contributed by atoms with E-state index in [-0.39, 0.29) is 17.9 Å². The summed E-state index contributed by atoms with van der Waals surface area (Å²) in [5.74, 6) is 0.984. The molecule has 0 unspecified atom stereocenters. The number of amides is 2. The number of ether oxygens (including phenoxy) is 2. The van der Waals surface area contributed by atoms with Crippen molar-refractivity contribution in [3.8, 4) is 5.75 Å². The number of nitrogens with one attached hydrogen (secondary N) is 2. The molecule has 1 aliphatic rings. The lowest BCUT2D eigenvalue weighted by Crippen LogP contribution is -2.22. The molecule has 0 aliphatic heterocycles. The topological polar surface area (TPSA) is 76.7 Å². The van der Waals surface area contributed by atoms with E-state index in [4.69, 9.17) is 9.47 Å². The molecule has 1 saturated carbocycles. The maximum Gasteiger partial charge on any atom is 0.323 e. The van der Waals surface area contributed by atoms with Gasteiger partial charge in [0, 0.05) is 5.69 Å². The molecule has 2 aromatic carbocycles. The number of aryl methyl sites for hydroxylation is 1. The van der Waals surface area contributed by atoms with Gasteiger partial charge in [0.1, 0.15) is 5.75 Å². The third kappa shape index (κ3) is 5.28. The van der Waals surface area contributed by atoms with E-state index in [0.717, 1.165) is 36.9 Å². The zero-order chi connectivity index (χ0) is 20.8. The molecule has 154 valence electrons. The molecule has 0 radical (unpaired) electrons. The third-order valence-corrected chi connectivity index (χ3v) is 5.50. The first kappa shape index (κ1) is 20.7. The Bertz CT molecular complexity index is 856. The molecule has 6 heteroatoms. The smallest absolute Gasteiger partial charge is 0.323 e. The minimum Gasteiger partial charge on any atom is -0.495 e. The van der Waals surface area contributed by atoms with Crippen molar-refractivity contribution in [1.29, 1.82) is 0 Å². The molecular formula is C23H28N2O4. The van der Waals surface area contributed by atoms with Crippen LogP contribution < -0.4 is 15.4 Å². The monoisotopic (exact) mass is 396 g/mol. The van der Waals surface area contributed by atoms with Gasteiger partial charge in [0.05, 0.1) is 25.8 Å². The largest absolute Gasteiger partial charge is 0.495 e. The van der Waals surface area contributed by atoms with Gasteiger partial charge >= 0.3 is 12.0 Å². The molecule has 1 fully saturated rings. The van der Waals surface area contributed by atoms with Crippen LogP contribution in [-0.2, 0) is 9.53 Å². The van der Waals surface area contributed by atoms with Crippen LogP contribution in [0.3, 0.4) is 0 Å². The SMILES string of the molecule is COc1ccc(C)cc1NC(=O)Nc1ccc([C@H]2CC[C@H](C(=O)OC)CC2)cc1. The van der Waals surface area contributed by atoms with Gasteiger partial charge in [-0.05, 0) is 73.9 Å². The van der Waals surface area contributed by atoms with Crippen molar-refractivity contribution in [2.45, 2.75) is 38.5 Å². The maximum absolute atomic E-state index is 12.4. The fourth-order valence-corrected chi connectivity index (χ4v) is 3.87. The minimum atomic E-state index is -0.319. The molecule has 6 nitrogen and oxygen atoms in total. The molecule has 2 N–H and O–H groups in total. The molecular weight excluding hydrogens is 368 g/mol. The minimum absolute atomic E-state index is 0.0273. The summed E-state index contributed by atoms with van der Waals surface area (Å²) >= 11 is 0. The van der Waals surface area contributed by atoms with E-state index in [1.807, 2.05) is 49.4 Å². The molecule has 0 spiro atoms. The average Bonchev–Trinajstić information content (AvgIpc) is 2.74. The Morgan fingerprint density at radius 3 is 2.24 bits per heavy atom. The molecule has 3 rings (SSSR count). The summed E-state index contributed by atoms with van der Waals surface area (Å²) in [6.07, 6.45) is 3.66. The van der Waals surface area contributed by atoms with Crippen LogP contribution in [0.5, 0.6) is 5.75 Å². The van der Waals surface area contributed by atoms with Crippen molar-refractivity contribution in [3.05, 3.63) is 53.6 Å². The average molecular weight is 396 g/mol. The number of carbonyl (C=O) groups excluding carboxylic acids is 2. The second kappa shape index (κ2) is 9.45. The molecule has 0 heterocycles. The number of esters is 1. The van der Waals surface area contributed by atoms with Gasteiger partial charge in [0.15, 0.2) is 0 Å². The van der Waals surface area contributed by atoms with Gasteiger partial charge in [-0.2, -0.15) is 0 Å². The highest BCUT2D eigenvalue weighted by Crippen LogP contribution is 2.36. The van der Waals surface area contributed by atoms with Crippen LogP contribution in [0, 0.1) is 12.8 Å². The van der Waals surface area contributed by atoms with Crippen LogP contribution in [0.1, 0.15) is 42.7 Å². The quantitative estimate of drug-likeness (QED) is 0.690. The van der Waals surface area contributed by atoms with Crippen molar-refractivity contribution in [1.82, 2.24) is 0 Å². The summed E-state index contributed by atoms with van der Waals surface area (Å²) in [4.78, 5) is 24.0. The normalized spacial score (nSPS) is 18.6. The van der Waals surface area contributed by atoms with Gasteiger partial charge in [-0.3, -0.25) is 4.79 Å². The second-order valence-corrected chi connectivity index (χ2v) is 7.48. The fraction of sp³-hybridized carbons (Fsp3) is 0.391. The van der Waals surface area contributed by atoms with E-state index < -0.39 is 0 Å². The summed E-state index contributed by atoms with van der Waals surface area (Å²) in [5.41, 5.74) is 3.62. The number of anilines is 2. The van der Waals surface area contributed by atoms with E-state index in [2.05, 4.69) is 10.6 Å². The number of methoxy groups -OCH3 is 2. The summed E-state index contributed by atoms with van der Waals surface area (Å²) in [5, 5.41) is 5.68. The highest BCUT2D eigenvalue weighted by molar-refractivity contribution is 6.00. The number of carbonyl (C=O) groups is 2. The molecule has 0 bridgehead atoms. The van der Waals surface area contributed by atoms with Crippen molar-refractivity contribution < 1.29 is 19.1 Å². The first-order valence-electron chi connectivity index (χ1n) is 9.90. The van der Waals surface area contributed by atoms with Gasteiger partial charge in [-0.25, -0.2) is 4.79 Å². The van der Waals surface area contributed by atoms with Crippen LogP contribution in [-0.4, -0.2) is 26.2 Å². The Balaban J connectivity index is 1.56. The predicted octanol–water partition coefficient (Wildman–Crippen LogP) is 5.09. The lowest BCUT2D eigenvalue weighted by molar-refractivity contribution is -0.146. The zero-order valence-corrected chi connectivity index (χ0v) is 17.2. The molecule has 0 saturated heterocycles. The van der Waals surface area contributed by atoms with E-state index >= 15 is 0 Å². The van der Waals surface area contributed by atoms with Gasteiger partial charge in [0.25, 0.3) is 0 Å². The van der Waals surface area contributed by atoms with Gasteiger partial charge in [-0.1, -0.05) is 18.2 Å². The third-order valence-electron chi connectivity index (χ3n) is 5.50. The standard InChI is InChI=1S/C23H28N2O4/c1-15-4-13-21(28-2)20(14-15)25-23(27)24-19-11-9-17(10-12-19)16-5-7-18(8-6-16)22(26)29-3/h4,9-14,16,18H,5-8H2,1-3H3,(H2,24,25,27)/t16-,18-. The molecule has 2 amide bonds. The van der Waals surface area contributed by atoms with E-state index in [0.29, 0.717) is 17.4 Å². The summed E-state index contributed by atoms with van der Waals surface area (Å²) in [6, 6.07) is 13.2. The fourth-order valence-electron chi connectivity index (χ4n) is 3.87. The highest BCUT2D eigenvalue weighted by Gasteiger charge is 2.27. The Morgan fingerprint density at radius 1 is 0.931 bits per heavy atom. The Hall–Kier alpha value is -3.02. The van der Waals surface area contributed by atoms with Crippen LogP contribution in [0.25, 0.3) is 0 Å². The van der Waals surface area contributed by atoms with E-state index in [1.54, 1.807) is 7.11 Å². The number of rotatable bonds is 5. The number of hydrogen-bond acceptors (Lipinski definition) is 4. The molecule has 1 aliphatic carbocycles. The highest BCUT2D eigenvalue weighted by atomic mass is 16.5. The lowest BCUT2D eigenvalue weighted by Gasteiger charge is -2.27. The van der Waals surface area contributed by atoms with Crippen LogP contribution in [0.15, 0.2) is 42.5 Å². The summed E-state index contributed by atoms with van der Waals surface area (Å²) in [6.45, 7) is 1.96. The Morgan fingerprint density at radius 2 is 1.62 bits per heavy atom. The maximum atomic E-state index is 12.4. The van der Waals surface area contributed by atoms with Crippen molar-refractivity contribution in [2.75, 3.05) is 24.9 Å². The van der Waals surface area contributed by atoms with E-state index in [9.17, 15) is 9.59 Å². The molecule has 2 aromatic rings. The van der Waals surface area contributed by atoms with Crippen molar-refractivity contribution in [3.63, 3.8) is 0 Å². The number of urea groups is 1.